The molecule has 3 aliphatic heterocycles. The van der Waals surface area contributed by atoms with Crippen molar-refractivity contribution in [3.8, 4) is 0 Å². The number of hydrogen-bond acceptors (Lipinski definition) is 6. The molecule has 1 saturated heterocycles. The van der Waals surface area contributed by atoms with Crippen LogP contribution in [0.2, 0.25) is 0 Å². The van der Waals surface area contributed by atoms with Crippen LogP contribution in [0.3, 0.4) is 0 Å². The van der Waals surface area contributed by atoms with Gasteiger partial charge in [0.25, 0.3) is 5.91 Å². The maximum absolute atomic E-state index is 13.2. The number of carbonyl (C=O) groups excluding carboxylic acids is 2. The lowest BCUT2D eigenvalue weighted by Gasteiger charge is -2.40. The fraction of sp³-hybridized carbons (Fsp3) is 0.450. The van der Waals surface area contributed by atoms with Crippen LogP contribution in [0.1, 0.15) is 25.8 Å². The molecule has 2 atom stereocenters. The second-order valence-corrected chi connectivity index (χ2v) is 7.36. The molecule has 1 fully saturated rings. The number of benzene rings is 1. The summed E-state index contributed by atoms with van der Waals surface area (Å²) in [6, 6.07) is 9.18. The number of fused-ring (bicyclic) bond motifs is 3. The van der Waals surface area contributed by atoms with Crippen molar-refractivity contribution in [3.05, 3.63) is 47.3 Å². The van der Waals surface area contributed by atoms with E-state index in [4.69, 9.17) is 10.1 Å². The number of imide groups is 1. The molecule has 148 valence electrons. The fourth-order valence-corrected chi connectivity index (χ4v) is 4.07. The van der Waals surface area contributed by atoms with Gasteiger partial charge in [0.15, 0.2) is 12.2 Å². The number of carbonyl (C=O) groups is 2. The number of allylic oxidation sites excluding steroid dienone is 2. The summed E-state index contributed by atoms with van der Waals surface area (Å²) < 4.78 is 0. The molecule has 1 aromatic carbocycles. The van der Waals surface area contributed by atoms with E-state index >= 15 is 0 Å². The third kappa shape index (κ3) is 2.67. The number of likely N-dealkylation sites (N-methyl/N-ethyl adjacent to an activating group) is 1. The standard InChI is InChI=1S/C20H25N5O3/c1-13-14(2)25-16-17(22(3)20(28)23(18(16)27)10-7-11-26)21-19(25)24(13)12-15-8-5-4-6-9-15/h4-6,8-9,16-17,26H,7,10-12H2,1-3H3. The minimum absolute atomic E-state index is 0.0662. The number of hydrogen-bond donors (Lipinski definition) is 1. The van der Waals surface area contributed by atoms with Crippen molar-refractivity contribution in [1.82, 2.24) is 19.6 Å². The Morgan fingerprint density at radius 2 is 1.79 bits per heavy atom. The first-order valence-corrected chi connectivity index (χ1v) is 9.50. The van der Waals surface area contributed by atoms with Crippen LogP contribution in [0.5, 0.6) is 0 Å². The predicted molar refractivity (Wildman–Crippen MR) is 104 cm³/mol. The number of guanidine groups is 1. The lowest BCUT2D eigenvalue weighted by molar-refractivity contribution is -0.137. The summed E-state index contributed by atoms with van der Waals surface area (Å²) >= 11 is 0. The zero-order valence-electron chi connectivity index (χ0n) is 16.4. The smallest absolute Gasteiger partial charge is 0.328 e. The number of aliphatic imine (C=N–C) groups is 1. The molecule has 3 aliphatic rings. The summed E-state index contributed by atoms with van der Waals surface area (Å²) in [6.07, 6.45) is -0.175. The molecule has 4 rings (SSSR count). The topological polar surface area (TPSA) is 79.7 Å². The first-order valence-electron chi connectivity index (χ1n) is 9.50. The number of urea groups is 1. The molecule has 0 bridgehead atoms. The molecule has 3 amide bonds. The highest BCUT2D eigenvalue weighted by atomic mass is 16.3. The van der Waals surface area contributed by atoms with Crippen LogP contribution in [0.25, 0.3) is 0 Å². The summed E-state index contributed by atoms with van der Waals surface area (Å²) in [5, 5.41) is 9.11. The summed E-state index contributed by atoms with van der Waals surface area (Å²) in [5.41, 5.74) is 3.17. The van der Waals surface area contributed by atoms with E-state index in [9.17, 15) is 9.59 Å². The van der Waals surface area contributed by atoms with Gasteiger partial charge in [0.05, 0.1) is 6.54 Å². The van der Waals surface area contributed by atoms with Gasteiger partial charge in [0, 0.05) is 31.6 Å². The fourth-order valence-electron chi connectivity index (χ4n) is 4.07. The minimum atomic E-state index is -0.563. The Morgan fingerprint density at radius 3 is 2.46 bits per heavy atom. The average Bonchev–Trinajstić information content (AvgIpc) is 3.19. The molecule has 0 aromatic heterocycles. The summed E-state index contributed by atoms with van der Waals surface area (Å²) in [7, 11) is 1.68. The Kier molecular flexibility index (Phi) is 4.58. The van der Waals surface area contributed by atoms with Crippen LogP contribution in [0.4, 0.5) is 4.79 Å². The van der Waals surface area contributed by atoms with Crippen molar-refractivity contribution in [2.75, 3.05) is 20.2 Å². The van der Waals surface area contributed by atoms with Crippen LogP contribution < -0.4 is 0 Å². The molecule has 2 unspecified atom stereocenters. The SMILES string of the molecule is CC1=C(C)N2C(=NC3C2C(=O)N(CCCO)C(=O)N3C)N1Cc1ccccc1. The molecule has 1 aromatic rings. The average molecular weight is 383 g/mol. The van der Waals surface area contributed by atoms with E-state index in [1.165, 1.54) is 9.80 Å². The molecular formula is C20H25N5O3. The van der Waals surface area contributed by atoms with Gasteiger partial charge < -0.3 is 14.9 Å². The third-order valence-electron chi connectivity index (χ3n) is 5.73. The summed E-state index contributed by atoms with van der Waals surface area (Å²) in [4.78, 5) is 37.4. The Bertz CT molecular complexity index is 866. The lowest BCUT2D eigenvalue weighted by atomic mass is 10.1. The van der Waals surface area contributed by atoms with E-state index < -0.39 is 12.2 Å². The van der Waals surface area contributed by atoms with Crippen molar-refractivity contribution in [1.29, 1.82) is 0 Å². The number of amides is 3. The number of rotatable bonds is 5. The number of aliphatic hydroxyl groups excluding tert-OH is 1. The lowest BCUT2D eigenvalue weighted by Crippen LogP contribution is -2.64. The predicted octanol–water partition coefficient (Wildman–Crippen LogP) is 1.40. The molecule has 0 aliphatic carbocycles. The first kappa shape index (κ1) is 18.5. The molecule has 0 spiro atoms. The Hall–Kier alpha value is -2.87. The zero-order valence-corrected chi connectivity index (χ0v) is 16.4. The molecule has 3 heterocycles. The number of nitrogens with zero attached hydrogens (tertiary/aromatic N) is 5. The normalized spacial score (nSPS) is 24.2. The molecule has 28 heavy (non-hydrogen) atoms. The second-order valence-electron chi connectivity index (χ2n) is 7.36. The Labute approximate surface area is 164 Å². The van der Waals surface area contributed by atoms with Crippen LogP contribution in [0, 0.1) is 0 Å². The van der Waals surface area contributed by atoms with Crippen LogP contribution in [-0.2, 0) is 11.3 Å². The first-order chi connectivity index (χ1) is 13.5. The molecule has 1 N–H and O–H groups in total. The molecule has 0 saturated carbocycles. The van der Waals surface area contributed by atoms with E-state index in [1.54, 1.807) is 7.05 Å². The quantitative estimate of drug-likeness (QED) is 0.831. The van der Waals surface area contributed by atoms with Crippen molar-refractivity contribution < 1.29 is 14.7 Å². The number of aliphatic hydroxyl groups is 1. The zero-order chi connectivity index (χ0) is 20.0. The monoisotopic (exact) mass is 383 g/mol. The second kappa shape index (κ2) is 6.94. The molecular weight excluding hydrogens is 358 g/mol. The van der Waals surface area contributed by atoms with Gasteiger partial charge in [-0.1, -0.05) is 30.3 Å². The summed E-state index contributed by atoms with van der Waals surface area (Å²) in [6.45, 7) is 4.81. The maximum Gasteiger partial charge on any atom is 0.328 e. The van der Waals surface area contributed by atoms with Crippen molar-refractivity contribution in [2.45, 2.75) is 39.0 Å². The summed E-state index contributed by atoms with van der Waals surface area (Å²) in [5.74, 6) is 0.458. The van der Waals surface area contributed by atoms with Crippen molar-refractivity contribution >= 4 is 17.9 Å². The van der Waals surface area contributed by atoms with E-state index in [2.05, 4.69) is 17.0 Å². The third-order valence-corrected chi connectivity index (χ3v) is 5.73. The van der Waals surface area contributed by atoms with Gasteiger partial charge in [-0.25, -0.2) is 9.79 Å². The molecule has 0 radical (unpaired) electrons. The Balaban J connectivity index is 1.67. The van der Waals surface area contributed by atoms with Gasteiger partial charge in [0.2, 0.25) is 5.96 Å². The van der Waals surface area contributed by atoms with E-state index in [1.807, 2.05) is 36.9 Å². The minimum Gasteiger partial charge on any atom is -0.396 e. The van der Waals surface area contributed by atoms with Crippen molar-refractivity contribution in [3.63, 3.8) is 0 Å². The van der Waals surface area contributed by atoms with Gasteiger partial charge in [-0.05, 0) is 25.8 Å². The molecule has 8 nitrogen and oxygen atoms in total. The highest BCUT2D eigenvalue weighted by Gasteiger charge is 2.55. The van der Waals surface area contributed by atoms with Crippen LogP contribution in [0.15, 0.2) is 46.7 Å². The van der Waals surface area contributed by atoms with Gasteiger partial charge in [-0.15, -0.1) is 0 Å². The highest BCUT2D eigenvalue weighted by molar-refractivity contribution is 6.05. The van der Waals surface area contributed by atoms with E-state index in [-0.39, 0.29) is 25.1 Å². The van der Waals surface area contributed by atoms with Gasteiger partial charge >= 0.3 is 6.03 Å². The van der Waals surface area contributed by atoms with Crippen LogP contribution >= 0.6 is 0 Å². The van der Waals surface area contributed by atoms with Gasteiger partial charge in [-0.3, -0.25) is 14.6 Å². The maximum atomic E-state index is 13.2. The van der Waals surface area contributed by atoms with Crippen LogP contribution in [-0.4, -0.2) is 75.0 Å². The van der Waals surface area contributed by atoms with Crippen molar-refractivity contribution in [2.24, 2.45) is 4.99 Å². The van der Waals surface area contributed by atoms with Gasteiger partial charge in [0.1, 0.15) is 0 Å². The highest BCUT2D eigenvalue weighted by Crippen LogP contribution is 2.38. The molecule has 8 heteroatoms. The largest absolute Gasteiger partial charge is 0.396 e. The van der Waals surface area contributed by atoms with Gasteiger partial charge in [-0.2, -0.15) is 0 Å². The van der Waals surface area contributed by atoms with E-state index in [0.717, 1.165) is 17.0 Å². The van der Waals surface area contributed by atoms with E-state index in [0.29, 0.717) is 18.9 Å². The Morgan fingerprint density at radius 1 is 1.07 bits per heavy atom.